The lowest BCUT2D eigenvalue weighted by Crippen LogP contribution is -2.30. The molecule has 103 heavy (non-hydrogen) atoms. The molecular formula is C84H164O17P2. The molecule has 0 aliphatic rings. The van der Waals surface area contributed by atoms with E-state index < -0.39 is 97.5 Å². The topological polar surface area (TPSA) is 237 Å². The van der Waals surface area contributed by atoms with Crippen LogP contribution >= 0.6 is 15.6 Å². The Balaban J connectivity index is 5.22. The summed E-state index contributed by atoms with van der Waals surface area (Å²) in [5.41, 5.74) is 0. The Morgan fingerprint density at radius 3 is 0.573 bits per heavy atom. The van der Waals surface area contributed by atoms with Crippen LogP contribution in [0.2, 0.25) is 0 Å². The van der Waals surface area contributed by atoms with Gasteiger partial charge >= 0.3 is 39.5 Å². The zero-order valence-electron chi connectivity index (χ0n) is 67.3. The number of hydrogen-bond donors (Lipinski definition) is 3. The van der Waals surface area contributed by atoms with Crippen LogP contribution in [0.15, 0.2) is 0 Å². The SMILES string of the molecule is CCCCCCCCCCCCCCCCCCCCCCCCC(=O)O[C@H](COC(=O)CCCCCCCCCCCCCCCCCC)COP(=O)(O)OC[C@@H](O)COP(=O)(O)OC[C@@H](COC(=O)CCCCCCCCCCCCC)OC(=O)CCCCCCCCCCCCCCCC. The Morgan fingerprint density at radius 2 is 0.388 bits per heavy atom. The molecule has 0 fully saturated rings. The first-order chi connectivity index (χ1) is 50.2. The molecule has 5 atom stereocenters. The van der Waals surface area contributed by atoms with E-state index in [1.165, 1.54) is 289 Å². The van der Waals surface area contributed by atoms with Crippen molar-refractivity contribution in [2.75, 3.05) is 39.6 Å². The average molecular weight is 1510 g/mol. The van der Waals surface area contributed by atoms with Gasteiger partial charge in [-0.2, -0.15) is 0 Å². The van der Waals surface area contributed by atoms with E-state index in [1.807, 2.05) is 0 Å². The van der Waals surface area contributed by atoms with E-state index >= 15 is 0 Å². The van der Waals surface area contributed by atoms with Crippen LogP contribution in [0.1, 0.15) is 458 Å². The average Bonchev–Trinajstić information content (AvgIpc) is 1.05. The molecule has 0 amide bonds. The molecule has 0 bridgehead atoms. The van der Waals surface area contributed by atoms with Crippen molar-refractivity contribution in [1.29, 1.82) is 0 Å². The molecule has 612 valence electrons. The number of carbonyl (C=O) groups is 4. The molecule has 0 rings (SSSR count). The maximum Gasteiger partial charge on any atom is 0.472 e. The fourth-order valence-corrected chi connectivity index (χ4v) is 14.7. The van der Waals surface area contributed by atoms with Gasteiger partial charge in [0, 0.05) is 25.7 Å². The van der Waals surface area contributed by atoms with E-state index in [0.717, 1.165) is 89.9 Å². The lowest BCUT2D eigenvalue weighted by atomic mass is 10.0. The van der Waals surface area contributed by atoms with Crippen LogP contribution in [0.5, 0.6) is 0 Å². The molecule has 19 heteroatoms. The van der Waals surface area contributed by atoms with Crippen molar-refractivity contribution < 1.29 is 80.2 Å². The van der Waals surface area contributed by atoms with Crippen molar-refractivity contribution in [3.63, 3.8) is 0 Å². The smallest absolute Gasteiger partial charge is 0.462 e. The Morgan fingerprint density at radius 1 is 0.233 bits per heavy atom. The maximum absolute atomic E-state index is 13.1. The summed E-state index contributed by atoms with van der Waals surface area (Å²) in [7, 11) is -9.92. The zero-order chi connectivity index (χ0) is 75.3. The molecular weight excluding hydrogens is 1340 g/mol. The van der Waals surface area contributed by atoms with Crippen LogP contribution in [0.25, 0.3) is 0 Å². The summed E-state index contributed by atoms with van der Waals surface area (Å²) in [6, 6.07) is 0. The second-order valence-electron chi connectivity index (χ2n) is 30.2. The van der Waals surface area contributed by atoms with E-state index in [0.29, 0.717) is 25.7 Å². The monoisotopic (exact) mass is 1510 g/mol. The van der Waals surface area contributed by atoms with Crippen LogP contribution in [0.3, 0.4) is 0 Å². The molecule has 0 spiro atoms. The molecule has 17 nitrogen and oxygen atoms in total. The van der Waals surface area contributed by atoms with Gasteiger partial charge < -0.3 is 33.8 Å². The third-order valence-electron chi connectivity index (χ3n) is 19.9. The number of carbonyl (C=O) groups excluding carboxylic acids is 4. The highest BCUT2D eigenvalue weighted by Gasteiger charge is 2.30. The number of rotatable bonds is 85. The maximum atomic E-state index is 13.1. The summed E-state index contributed by atoms with van der Waals surface area (Å²) < 4.78 is 68.8. The van der Waals surface area contributed by atoms with Gasteiger partial charge in [-0.05, 0) is 25.7 Å². The number of hydrogen-bond acceptors (Lipinski definition) is 15. The largest absolute Gasteiger partial charge is 0.472 e. The predicted molar refractivity (Wildman–Crippen MR) is 423 cm³/mol. The molecule has 0 aliphatic carbocycles. The van der Waals surface area contributed by atoms with Crippen molar-refractivity contribution in [2.45, 2.75) is 476 Å². The van der Waals surface area contributed by atoms with E-state index in [1.54, 1.807) is 0 Å². The van der Waals surface area contributed by atoms with Crippen LogP contribution in [0, 0.1) is 0 Å². The Bertz CT molecular complexity index is 1950. The van der Waals surface area contributed by atoms with E-state index in [2.05, 4.69) is 27.7 Å². The van der Waals surface area contributed by atoms with Gasteiger partial charge in [0.15, 0.2) is 12.2 Å². The number of phosphoric acid groups is 2. The van der Waals surface area contributed by atoms with Gasteiger partial charge in [-0.25, -0.2) is 9.13 Å². The zero-order valence-corrected chi connectivity index (χ0v) is 69.1. The molecule has 0 saturated carbocycles. The summed E-state index contributed by atoms with van der Waals surface area (Å²) in [5, 5.41) is 10.7. The van der Waals surface area contributed by atoms with E-state index in [4.69, 9.17) is 37.0 Å². The first-order valence-corrected chi connectivity index (χ1v) is 46.8. The number of esters is 4. The van der Waals surface area contributed by atoms with Gasteiger partial charge in [0.25, 0.3) is 0 Å². The lowest BCUT2D eigenvalue weighted by molar-refractivity contribution is -0.161. The quantitative estimate of drug-likeness (QED) is 0.0222. The molecule has 0 saturated heterocycles. The number of unbranched alkanes of at least 4 members (excludes halogenated alkanes) is 59. The van der Waals surface area contributed by atoms with Crippen LogP contribution in [-0.4, -0.2) is 96.7 Å². The fourth-order valence-electron chi connectivity index (χ4n) is 13.2. The number of phosphoric ester groups is 2. The summed E-state index contributed by atoms with van der Waals surface area (Å²) in [6.07, 6.45) is 72.1. The minimum Gasteiger partial charge on any atom is -0.462 e. The van der Waals surface area contributed by atoms with Gasteiger partial charge in [0.2, 0.25) is 0 Å². The lowest BCUT2D eigenvalue weighted by Gasteiger charge is -2.21. The van der Waals surface area contributed by atoms with Gasteiger partial charge in [-0.3, -0.25) is 37.3 Å². The van der Waals surface area contributed by atoms with Crippen molar-refractivity contribution in [3.05, 3.63) is 0 Å². The highest BCUT2D eigenvalue weighted by atomic mass is 31.2. The Hall–Kier alpha value is -1.94. The highest BCUT2D eigenvalue weighted by Crippen LogP contribution is 2.45. The Kier molecular flexibility index (Phi) is 76.7. The summed E-state index contributed by atoms with van der Waals surface area (Å²) in [6.45, 7) is 5.04. The second-order valence-corrected chi connectivity index (χ2v) is 33.1. The first-order valence-electron chi connectivity index (χ1n) is 43.8. The van der Waals surface area contributed by atoms with Gasteiger partial charge in [-0.1, -0.05) is 407 Å². The standard InChI is InChI=1S/C84H164O17P2/c1-5-9-13-17-21-25-29-32-35-37-38-39-40-41-42-44-47-51-55-59-63-67-71-84(89)101-80(75-95-82(87)69-65-61-57-53-49-46-43-36-33-30-26-22-18-14-10-6-2)77-99-103(92,93)97-73-78(85)72-96-102(90,91)98-76-79(74-94-81(86)68-64-60-56-52-48-28-24-20-16-12-8-4)100-83(88)70-66-62-58-54-50-45-34-31-27-23-19-15-11-7-3/h78-80,85H,5-77H2,1-4H3,(H,90,91)(H,92,93)/t78-,79+,80+/m0/s1. The van der Waals surface area contributed by atoms with Crippen molar-refractivity contribution >= 4 is 39.5 Å². The third kappa shape index (κ3) is 78.0. The summed E-state index contributed by atoms with van der Waals surface area (Å²) >= 11 is 0. The Labute approximate surface area is 632 Å². The second kappa shape index (κ2) is 78.2. The highest BCUT2D eigenvalue weighted by molar-refractivity contribution is 7.47. The first kappa shape index (κ1) is 101. The van der Waals surface area contributed by atoms with Gasteiger partial charge in [0.1, 0.15) is 19.3 Å². The minimum absolute atomic E-state index is 0.109. The number of aliphatic hydroxyl groups is 1. The van der Waals surface area contributed by atoms with Crippen LogP contribution < -0.4 is 0 Å². The minimum atomic E-state index is -4.96. The van der Waals surface area contributed by atoms with E-state index in [-0.39, 0.29) is 25.7 Å². The predicted octanol–water partition coefficient (Wildman–Crippen LogP) is 25.7. The molecule has 0 heterocycles. The molecule has 0 aromatic carbocycles. The molecule has 0 aliphatic heterocycles. The number of aliphatic hydroxyl groups excluding tert-OH is 1. The van der Waals surface area contributed by atoms with E-state index in [9.17, 15) is 43.2 Å². The van der Waals surface area contributed by atoms with Crippen molar-refractivity contribution in [2.24, 2.45) is 0 Å². The number of ether oxygens (including phenoxy) is 4. The van der Waals surface area contributed by atoms with Crippen molar-refractivity contribution in [1.82, 2.24) is 0 Å². The van der Waals surface area contributed by atoms with Crippen LogP contribution in [0.4, 0.5) is 0 Å². The molecule has 3 N–H and O–H groups in total. The normalized spacial score (nSPS) is 13.7. The fraction of sp³-hybridized carbons (Fsp3) is 0.952. The summed E-state index contributed by atoms with van der Waals surface area (Å²) in [5.74, 6) is -2.10. The molecule has 0 radical (unpaired) electrons. The van der Waals surface area contributed by atoms with Crippen LogP contribution in [-0.2, 0) is 65.4 Å². The molecule has 0 aromatic rings. The van der Waals surface area contributed by atoms with Gasteiger partial charge in [-0.15, -0.1) is 0 Å². The molecule has 2 unspecified atom stereocenters. The van der Waals surface area contributed by atoms with Gasteiger partial charge in [0.05, 0.1) is 26.4 Å². The molecule has 0 aromatic heterocycles. The summed E-state index contributed by atoms with van der Waals surface area (Å²) in [4.78, 5) is 73.1. The van der Waals surface area contributed by atoms with Crippen molar-refractivity contribution in [3.8, 4) is 0 Å². The third-order valence-corrected chi connectivity index (χ3v) is 21.8.